The van der Waals surface area contributed by atoms with Crippen molar-refractivity contribution >= 4 is 29.4 Å². The molecule has 7 heteroatoms. The van der Waals surface area contributed by atoms with E-state index in [9.17, 15) is 9.59 Å². The van der Waals surface area contributed by atoms with Gasteiger partial charge in [-0.3, -0.25) is 4.79 Å². The van der Waals surface area contributed by atoms with Gasteiger partial charge in [-0.2, -0.15) is 0 Å². The number of ether oxygens (including phenoxy) is 2. The van der Waals surface area contributed by atoms with Crippen molar-refractivity contribution in [3.63, 3.8) is 0 Å². The molecule has 0 fully saturated rings. The quantitative estimate of drug-likeness (QED) is 0.516. The fourth-order valence-corrected chi connectivity index (χ4v) is 4.30. The zero-order valence-electron chi connectivity index (χ0n) is 18.9. The maximum Gasteiger partial charge on any atom is 0.417 e. The van der Waals surface area contributed by atoms with Gasteiger partial charge in [0.2, 0.25) is 0 Å². The van der Waals surface area contributed by atoms with Gasteiger partial charge in [-0.05, 0) is 42.4 Å². The van der Waals surface area contributed by atoms with E-state index >= 15 is 0 Å². The zero-order valence-corrected chi connectivity index (χ0v) is 19.7. The van der Waals surface area contributed by atoms with Crippen molar-refractivity contribution in [2.45, 2.75) is 43.9 Å². The molecule has 0 bridgehead atoms. The number of thioether (sulfide) groups is 1. The lowest BCUT2D eigenvalue weighted by Gasteiger charge is -2.32. The molecule has 2 atom stereocenters. The van der Waals surface area contributed by atoms with E-state index in [0.29, 0.717) is 5.92 Å². The van der Waals surface area contributed by atoms with Crippen LogP contribution in [0.25, 0.3) is 0 Å². The highest BCUT2D eigenvalue weighted by Crippen LogP contribution is 2.32. The molecule has 0 radical (unpaired) electrons. The molecule has 0 saturated heterocycles. The van der Waals surface area contributed by atoms with Crippen LogP contribution in [0.15, 0.2) is 65.6 Å². The van der Waals surface area contributed by atoms with E-state index in [1.165, 1.54) is 11.0 Å². The molecule has 1 aliphatic heterocycles. The third-order valence-corrected chi connectivity index (χ3v) is 6.04. The Morgan fingerprint density at radius 1 is 1.19 bits per heavy atom. The van der Waals surface area contributed by atoms with E-state index in [4.69, 9.17) is 9.47 Å². The van der Waals surface area contributed by atoms with Crippen LogP contribution >= 0.6 is 11.8 Å². The number of amides is 2. The summed E-state index contributed by atoms with van der Waals surface area (Å²) in [5.41, 5.74) is 1.81. The fourth-order valence-electron chi connectivity index (χ4n) is 3.72. The van der Waals surface area contributed by atoms with Crippen molar-refractivity contribution in [2.75, 3.05) is 18.7 Å². The molecule has 1 heterocycles. The Hall–Kier alpha value is -2.93. The number of imide groups is 1. The number of rotatable bonds is 9. The van der Waals surface area contributed by atoms with E-state index in [-0.39, 0.29) is 18.6 Å². The topological polar surface area (TPSA) is 67.9 Å². The average Bonchev–Trinajstić information content (AvgIpc) is 3.19. The van der Waals surface area contributed by atoms with Crippen molar-refractivity contribution in [2.24, 2.45) is 5.92 Å². The van der Waals surface area contributed by atoms with Crippen LogP contribution in [0, 0.1) is 5.92 Å². The second-order valence-electron chi connectivity index (χ2n) is 8.04. The second-order valence-corrected chi connectivity index (χ2v) is 8.89. The molecule has 0 aliphatic carbocycles. The van der Waals surface area contributed by atoms with Crippen LogP contribution in [-0.2, 0) is 16.1 Å². The monoisotopic (exact) mass is 454 g/mol. The fraction of sp³-hybridized carbons (Fsp3) is 0.360. The van der Waals surface area contributed by atoms with Crippen LogP contribution in [0.3, 0.4) is 0 Å². The lowest BCUT2D eigenvalue weighted by molar-refractivity contribution is -0.124. The molecule has 0 saturated carbocycles. The molecule has 170 valence electrons. The van der Waals surface area contributed by atoms with Gasteiger partial charge < -0.3 is 14.8 Å². The first-order valence-corrected chi connectivity index (χ1v) is 11.9. The number of methoxy groups -OCH3 is 1. The van der Waals surface area contributed by atoms with Gasteiger partial charge in [-0.15, -0.1) is 11.8 Å². The van der Waals surface area contributed by atoms with Gasteiger partial charge in [0.25, 0.3) is 5.91 Å². The summed E-state index contributed by atoms with van der Waals surface area (Å²) in [6.45, 7) is 4.36. The Kier molecular flexibility index (Phi) is 8.22. The predicted molar refractivity (Wildman–Crippen MR) is 128 cm³/mol. The largest absolute Gasteiger partial charge is 0.497 e. The van der Waals surface area contributed by atoms with Crippen molar-refractivity contribution < 1.29 is 19.1 Å². The lowest BCUT2D eigenvalue weighted by atomic mass is 9.96. The molecule has 0 aromatic heterocycles. The summed E-state index contributed by atoms with van der Waals surface area (Å²) in [5, 5.41) is 3.57. The predicted octanol–water partition coefficient (Wildman–Crippen LogP) is 5.35. The van der Waals surface area contributed by atoms with Crippen LogP contribution in [0.1, 0.15) is 25.8 Å². The summed E-state index contributed by atoms with van der Waals surface area (Å²) in [6.07, 6.45) is 5.37. The minimum Gasteiger partial charge on any atom is -0.497 e. The summed E-state index contributed by atoms with van der Waals surface area (Å²) >= 11 is 1.61. The summed E-state index contributed by atoms with van der Waals surface area (Å²) in [7, 11) is 1.64. The summed E-state index contributed by atoms with van der Waals surface area (Å²) in [4.78, 5) is 27.7. The Morgan fingerprint density at radius 2 is 1.94 bits per heavy atom. The van der Waals surface area contributed by atoms with Gasteiger partial charge in [-0.25, -0.2) is 9.69 Å². The van der Waals surface area contributed by atoms with Crippen LogP contribution in [-0.4, -0.2) is 42.3 Å². The molecule has 3 rings (SSSR count). The number of carbonyl (C=O) groups is 2. The number of hydrogen-bond donors (Lipinski definition) is 1. The zero-order chi connectivity index (χ0) is 23.1. The number of nitrogens with one attached hydrogen (secondary N) is 1. The van der Waals surface area contributed by atoms with Gasteiger partial charge in [0, 0.05) is 16.7 Å². The third kappa shape index (κ3) is 5.85. The molecule has 2 aromatic rings. The van der Waals surface area contributed by atoms with Crippen molar-refractivity contribution in [1.82, 2.24) is 4.90 Å². The Morgan fingerprint density at radius 3 is 2.59 bits per heavy atom. The Balaban J connectivity index is 1.80. The number of anilines is 1. The van der Waals surface area contributed by atoms with Crippen LogP contribution < -0.4 is 10.1 Å². The minimum atomic E-state index is -0.635. The number of benzene rings is 2. The second kappa shape index (κ2) is 11.1. The molecule has 1 N–H and O–H groups in total. The van der Waals surface area contributed by atoms with Gasteiger partial charge in [0.05, 0.1) is 19.2 Å². The highest BCUT2D eigenvalue weighted by molar-refractivity contribution is 7.98. The van der Waals surface area contributed by atoms with Crippen molar-refractivity contribution in [3.05, 3.63) is 66.2 Å². The first kappa shape index (κ1) is 23.7. The molecular formula is C25H30N2O4S. The highest BCUT2D eigenvalue weighted by atomic mass is 32.2. The highest BCUT2D eigenvalue weighted by Gasteiger charge is 2.38. The first-order chi connectivity index (χ1) is 15.4. The Bertz CT molecular complexity index is 962. The summed E-state index contributed by atoms with van der Waals surface area (Å²) < 4.78 is 10.8. The molecule has 2 amide bonds. The molecule has 1 aliphatic rings. The van der Waals surface area contributed by atoms with E-state index in [1.54, 1.807) is 24.9 Å². The lowest BCUT2D eigenvalue weighted by Crippen LogP contribution is -2.48. The van der Waals surface area contributed by atoms with Crippen molar-refractivity contribution in [3.8, 4) is 5.75 Å². The molecule has 6 nitrogen and oxygen atoms in total. The molecule has 32 heavy (non-hydrogen) atoms. The number of carbonyl (C=O) groups excluding carboxylic acids is 2. The van der Waals surface area contributed by atoms with Crippen LogP contribution in [0.4, 0.5) is 10.5 Å². The molecule has 2 aromatic carbocycles. The van der Waals surface area contributed by atoms with E-state index in [1.807, 2.05) is 54.8 Å². The summed E-state index contributed by atoms with van der Waals surface area (Å²) in [5.74, 6) is 0.778. The minimum absolute atomic E-state index is 0.119. The summed E-state index contributed by atoms with van der Waals surface area (Å²) in [6, 6.07) is 14.7. The normalized spacial score (nSPS) is 16.3. The van der Waals surface area contributed by atoms with E-state index < -0.39 is 12.1 Å². The third-order valence-electron chi connectivity index (χ3n) is 5.26. The Labute approximate surface area is 194 Å². The number of hydrogen-bond acceptors (Lipinski definition) is 6. The molecule has 0 unspecified atom stereocenters. The first-order valence-electron chi connectivity index (χ1n) is 10.6. The van der Waals surface area contributed by atoms with Gasteiger partial charge in [0.1, 0.15) is 12.4 Å². The maximum absolute atomic E-state index is 12.9. The smallest absolute Gasteiger partial charge is 0.417 e. The SMILES string of the molecule is COc1ccc(N[C@@H](CC(C)C)[C@H]2C=CC(=O)N2C(=O)OCc2ccccc2)c(SC)c1. The van der Waals surface area contributed by atoms with E-state index in [2.05, 4.69) is 19.2 Å². The van der Waals surface area contributed by atoms with Crippen molar-refractivity contribution in [1.29, 1.82) is 0 Å². The van der Waals surface area contributed by atoms with Gasteiger partial charge >= 0.3 is 6.09 Å². The maximum atomic E-state index is 12.9. The average molecular weight is 455 g/mol. The van der Waals surface area contributed by atoms with E-state index in [0.717, 1.165) is 28.3 Å². The van der Waals surface area contributed by atoms with Crippen LogP contribution in [0.2, 0.25) is 0 Å². The van der Waals surface area contributed by atoms with Crippen LogP contribution in [0.5, 0.6) is 5.75 Å². The van der Waals surface area contributed by atoms with Gasteiger partial charge in [0.15, 0.2) is 0 Å². The number of nitrogens with zero attached hydrogens (tertiary/aromatic N) is 1. The molecular weight excluding hydrogens is 424 g/mol. The van der Waals surface area contributed by atoms with Gasteiger partial charge in [-0.1, -0.05) is 50.3 Å². The standard InChI is InChI=1S/C25H30N2O4S/c1-17(2)14-21(26-20-11-10-19(30-3)15-23(20)32-4)22-12-13-24(28)27(22)25(29)31-16-18-8-6-5-7-9-18/h5-13,15,17,21-22,26H,14,16H2,1-4H3/t21-,22+/m0/s1. The molecule has 0 spiro atoms.